The van der Waals surface area contributed by atoms with Crippen molar-refractivity contribution in [2.24, 2.45) is 0 Å². The Bertz CT molecular complexity index is 1480. The Hall–Kier alpha value is -3.86. The van der Waals surface area contributed by atoms with Gasteiger partial charge in [0.05, 0.1) is 34.1 Å². The lowest BCUT2D eigenvalue weighted by Crippen LogP contribution is -1.96. The molecule has 6 rings (SSSR count). The quantitative estimate of drug-likeness (QED) is 0.462. The molecule has 0 aliphatic rings. The number of hydrogen-bond acceptors (Lipinski definition) is 2. The van der Waals surface area contributed by atoms with Gasteiger partial charge < -0.3 is 4.57 Å². The van der Waals surface area contributed by atoms with Gasteiger partial charge in [0.2, 0.25) is 0 Å². The van der Waals surface area contributed by atoms with E-state index in [-0.39, 0.29) is 0 Å². The van der Waals surface area contributed by atoms with Crippen molar-refractivity contribution < 1.29 is 0 Å². The van der Waals surface area contributed by atoms with Gasteiger partial charge in [0.1, 0.15) is 11.8 Å². The van der Waals surface area contributed by atoms with Gasteiger partial charge in [-0.2, -0.15) is 5.10 Å². The number of aromatic nitrogens is 5. The largest absolute Gasteiger partial charge is 0.314 e. The average molecular weight is 363 g/mol. The van der Waals surface area contributed by atoms with E-state index in [0.29, 0.717) is 0 Å². The number of hydrogen-bond donors (Lipinski definition) is 1. The van der Waals surface area contributed by atoms with E-state index in [1.54, 1.807) is 0 Å². The van der Waals surface area contributed by atoms with Crippen LogP contribution in [0.4, 0.5) is 0 Å². The third kappa shape index (κ3) is 2.01. The monoisotopic (exact) mass is 363 g/mol. The molecule has 0 amide bonds. The van der Waals surface area contributed by atoms with Crippen LogP contribution in [0.5, 0.6) is 0 Å². The number of nitrogens with one attached hydrogen (secondary N) is 1. The van der Waals surface area contributed by atoms with Gasteiger partial charge in [-0.15, -0.1) is 0 Å². The lowest BCUT2D eigenvalue weighted by Gasteiger charge is -2.09. The van der Waals surface area contributed by atoms with Crippen molar-refractivity contribution in [2.75, 3.05) is 0 Å². The second-order valence-corrected chi connectivity index (χ2v) is 7.06. The summed E-state index contributed by atoms with van der Waals surface area (Å²) < 4.78 is 4.34. The fourth-order valence-corrected chi connectivity index (χ4v) is 4.10. The number of imidazole rings is 1. The van der Waals surface area contributed by atoms with E-state index in [1.807, 2.05) is 18.6 Å². The van der Waals surface area contributed by atoms with E-state index in [1.165, 1.54) is 16.5 Å². The zero-order chi connectivity index (χ0) is 18.7. The van der Waals surface area contributed by atoms with Crippen LogP contribution >= 0.6 is 0 Å². The van der Waals surface area contributed by atoms with Gasteiger partial charge >= 0.3 is 0 Å². The summed E-state index contributed by atoms with van der Waals surface area (Å²) in [7, 11) is 0. The van der Waals surface area contributed by atoms with Crippen LogP contribution in [0, 0.1) is 6.92 Å². The molecule has 5 nitrogen and oxygen atoms in total. The van der Waals surface area contributed by atoms with Crippen molar-refractivity contribution in [3.8, 4) is 11.4 Å². The minimum atomic E-state index is 0.970. The molecule has 0 aliphatic carbocycles. The van der Waals surface area contributed by atoms with Crippen LogP contribution in [0.2, 0.25) is 0 Å². The highest BCUT2D eigenvalue weighted by atomic mass is 15.1. The lowest BCUT2D eigenvalue weighted by molar-refractivity contribution is 1.07. The number of fused-ring (bicyclic) bond motifs is 3. The summed E-state index contributed by atoms with van der Waals surface area (Å²) in [6, 6.07) is 21.1. The molecule has 0 bridgehead atoms. The number of rotatable bonds is 2. The van der Waals surface area contributed by atoms with Crippen LogP contribution in [0.3, 0.4) is 0 Å². The number of H-pyrrole nitrogens is 1. The number of nitrogens with zero attached hydrogens (tertiary/aromatic N) is 4. The van der Waals surface area contributed by atoms with Crippen LogP contribution in [-0.4, -0.2) is 24.3 Å². The predicted molar refractivity (Wildman–Crippen MR) is 112 cm³/mol. The van der Waals surface area contributed by atoms with Crippen LogP contribution in [0.1, 0.15) is 5.56 Å². The molecule has 0 unspecified atom stereocenters. The molecule has 0 radical (unpaired) electrons. The Labute approximate surface area is 160 Å². The molecule has 6 aromatic rings. The summed E-state index contributed by atoms with van der Waals surface area (Å²) in [6.45, 7) is 2.15. The molecule has 0 fully saturated rings. The highest BCUT2D eigenvalue weighted by molar-refractivity contribution is 5.93. The van der Waals surface area contributed by atoms with Gasteiger partial charge in [-0.3, -0.25) is 9.67 Å². The molecule has 0 aliphatic heterocycles. The molecule has 0 spiro atoms. The summed E-state index contributed by atoms with van der Waals surface area (Å²) in [5, 5.41) is 9.65. The fourth-order valence-electron chi connectivity index (χ4n) is 4.10. The molecule has 0 saturated heterocycles. The van der Waals surface area contributed by atoms with Crippen molar-refractivity contribution >= 4 is 32.8 Å². The third-order valence-electron chi connectivity index (χ3n) is 5.48. The van der Waals surface area contributed by atoms with Gasteiger partial charge in [0.25, 0.3) is 0 Å². The first-order valence-electron chi connectivity index (χ1n) is 9.27. The van der Waals surface area contributed by atoms with E-state index in [9.17, 15) is 0 Å². The zero-order valence-corrected chi connectivity index (χ0v) is 15.3. The third-order valence-corrected chi connectivity index (χ3v) is 5.48. The number of para-hydroxylation sites is 2. The number of aryl methyl sites for hydroxylation is 1. The van der Waals surface area contributed by atoms with Gasteiger partial charge in [-0.1, -0.05) is 30.3 Å². The minimum Gasteiger partial charge on any atom is -0.314 e. The predicted octanol–water partition coefficient (Wildman–Crippen LogP) is 5.15. The smallest absolute Gasteiger partial charge is 0.113 e. The van der Waals surface area contributed by atoms with Crippen molar-refractivity contribution in [2.45, 2.75) is 6.92 Å². The average Bonchev–Trinajstić information content (AvgIpc) is 3.45. The zero-order valence-electron chi connectivity index (χ0n) is 15.3. The minimum absolute atomic E-state index is 0.970. The maximum atomic E-state index is 4.78. The molecule has 3 heterocycles. The standard InChI is InChI=1S/C23H17N5/c1-15-5-2-7-18-17(15)11-12-27(18)20-9-4-10-21-23(20)24-14-28(21)19-8-3-6-16-13-25-26-22(16)19/h2-14H,1H3,(H,25,26). The molecular weight excluding hydrogens is 346 g/mol. The van der Waals surface area contributed by atoms with Gasteiger partial charge in [-0.25, -0.2) is 4.98 Å². The Morgan fingerprint density at radius 3 is 2.61 bits per heavy atom. The molecular formula is C23H17N5. The SMILES string of the molecule is Cc1cccc2c1ccn2-c1cccc2c1ncn2-c1cccc2cn[nH]c12. The maximum absolute atomic E-state index is 4.78. The molecule has 3 aromatic heterocycles. The normalized spacial score (nSPS) is 11.8. The Morgan fingerprint density at radius 1 is 0.821 bits per heavy atom. The highest BCUT2D eigenvalue weighted by Crippen LogP contribution is 2.30. The maximum Gasteiger partial charge on any atom is 0.113 e. The van der Waals surface area contributed by atoms with Crippen molar-refractivity contribution in [3.63, 3.8) is 0 Å². The van der Waals surface area contributed by atoms with E-state index < -0.39 is 0 Å². The Kier molecular flexibility index (Phi) is 3.03. The van der Waals surface area contributed by atoms with Crippen LogP contribution < -0.4 is 0 Å². The first kappa shape index (κ1) is 15.2. The summed E-state index contributed by atoms with van der Waals surface area (Å²) in [5.74, 6) is 0. The second-order valence-electron chi connectivity index (χ2n) is 7.06. The summed E-state index contributed by atoms with van der Waals surface area (Å²) >= 11 is 0. The molecule has 3 aromatic carbocycles. The fraction of sp³-hybridized carbons (Fsp3) is 0.0435. The van der Waals surface area contributed by atoms with Crippen molar-refractivity contribution in [1.29, 1.82) is 0 Å². The molecule has 0 saturated carbocycles. The van der Waals surface area contributed by atoms with Crippen LogP contribution in [-0.2, 0) is 0 Å². The topological polar surface area (TPSA) is 51.4 Å². The van der Waals surface area contributed by atoms with E-state index in [0.717, 1.165) is 33.3 Å². The highest BCUT2D eigenvalue weighted by Gasteiger charge is 2.14. The van der Waals surface area contributed by atoms with Gasteiger partial charge in [-0.05, 0) is 42.8 Å². The van der Waals surface area contributed by atoms with Gasteiger partial charge in [0, 0.05) is 17.0 Å². The first-order chi connectivity index (χ1) is 13.8. The Morgan fingerprint density at radius 2 is 1.64 bits per heavy atom. The number of benzene rings is 3. The molecule has 5 heteroatoms. The summed E-state index contributed by atoms with van der Waals surface area (Å²) in [5.41, 5.74) is 7.63. The lowest BCUT2D eigenvalue weighted by atomic mass is 10.1. The second kappa shape index (κ2) is 5.57. The number of aromatic amines is 1. The first-order valence-corrected chi connectivity index (χ1v) is 9.27. The van der Waals surface area contributed by atoms with E-state index in [4.69, 9.17) is 4.98 Å². The Balaban J connectivity index is 1.63. The molecule has 1 N–H and O–H groups in total. The van der Waals surface area contributed by atoms with E-state index in [2.05, 4.69) is 87.0 Å². The van der Waals surface area contributed by atoms with Crippen LogP contribution in [0.25, 0.3) is 44.2 Å². The van der Waals surface area contributed by atoms with Gasteiger partial charge in [0.15, 0.2) is 0 Å². The summed E-state index contributed by atoms with van der Waals surface area (Å²) in [6.07, 6.45) is 5.86. The van der Waals surface area contributed by atoms with E-state index >= 15 is 0 Å². The molecule has 134 valence electrons. The molecule has 28 heavy (non-hydrogen) atoms. The van der Waals surface area contributed by atoms with Crippen molar-refractivity contribution in [3.05, 3.63) is 84.9 Å². The van der Waals surface area contributed by atoms with Crippen molar-refractivity contribution in [1.82, 2.24) is 24.3 Å². The molecule has 0 atom stereocenters. The summed E-state index contributed by atoms with van der Waals surface area (Å²) in [4.78, 5) is 4.78. The van der Waals surface area contributed by atoms with Crippen LogP contribution in [0.15, 0.2) is 79.4 Å².